The Bertz CT molecular complexity index is 635. The molecule has 2 aromatic rings. The van der Waals surface area contributed by atoms with Gasteiger partial charge < -0.3 is 4.42 Å². The smallest absolute Gasteiger partial charge is 0.274 e. The molecule has 2 rings (SSSR count). The minimum atomic E-state index is -3.69. The van der Waals surface area contributed by atoms with Crippen LogP contribution in [0.4, 0.5) is 4.39 Å². The van der Waals surface area contributed by atoms with Crippen LogP contribution in [-0.2, 0) is 10.0 Å². The monoisotopic (exact) mass is 270 g/mol. The SMILES string of the molecule is CCNS(=O)(=O)c1occc1-c1ccc(F)nc1. The largest absolute Gasteiger partial charge is 0.451 e. The molecular weight excluding hydrogens is 259 g/mol. The van der Waals surface area contributed by atoms with E-state index in [1.165, 1.54) is 24.6 Å². The number of hydrogen-bond acceptors (Lipinski definition) is 4. The zero-order chi connectivity index (χ0) is 13.2. The summed E-state index contributed by atoms with van der Waals surface area (Å²) in [7, 11) is -3.69. The summed E-state index contributed by atoms with van der Waals surface area (Å²) >= 11 is 0. The van der Waals surface area contributed by atoms with E-state index in [0.29, 0.717) is 11.1 Å². The van der Waals surface area contributed by atoms with Gasteiger partial charge in [0, 0.05) is 23.9 Å². The predicted octanol–water partition coefficient (Wildman–Crippen LogP) is 1.78. The molecule has 0 unspecified atom stereocenters. The summed E-state index contributed by atoms with van der Waals surface area (Å²) in [6.45, 7) is 1.92. The number of nitrogens with zero attached hydrogens (tertiary/aromatic N) is 1. The lowest BCUT2D eigenvalue weighted by Crippen LogP contribution is -2.23. The van der Waals surface area contributed by atoms with Crippen LogP contribution in [0.1, 0.15) is 6.92 Å². The van der Waals surface area contributed by atoms with Crippen molar-refractivity contribution in [3.05, 3.63) is 36.6 Å². The van der Waals surface area contributed by atoms with Gasteiger partial charge >= 0.3 is 0 Å². The van der Waals surface area contributed by atoms with Crippen LogP contribution in [0.15, 0.2) is 40.2 Å². The third-order valence-corrected chi connectivity index (χ3v) is 3.72. The van der Waals surface area contributed by atoms with Crippen LogP contribution in [0.5, 0.6) is 0 Å². The minimum Gasteiger partial charge on any atom is -0.451 e. The van der Waals surface area contributed by atoms with Gasteiger partial charge in [-0.1, -0.05) is 6.92 Å². The molecule has 1 N–H and O–H groups in total. The highest BCUT2D eigenvalue weighted by Gasteiger charge is 2.22. The van der Waals surface area contributed by atoms with Crippen molar-refractivity contribution >= 4 is 10.0 Å². The zero-order valence-corrected chi connectivity index (χ0v) is 10.4. The van der Waals surface area contributed by atoms with E-state index in [1.807, 2.05) is 0 Å². The lowest BCUT2D eigenvalue weighted by Gasteiger charge is -2.04. The predicted molar refractivity (Wildman–Crippen MR) is 62.8 cm³/mol. The van der Waals surface area contributed by atoms with Crippen LogP contribution in [0, 0.1) is 5.95 Å². The van der Waals surface area contributed by atoms with Gasteiger partial charge in [0.25, 0.3) is 10.0 Å². The van der Waals surface area contributed by atoms with Crippen molar-refractivity contribution in [2.45, 2.75) is 12.0 Å². The first-order chi connectivity index (χ1) is 8.54. The number of aromatic nitrogens is 1. The first-order valence-corrected chi connectivity index (χ1v) is 6.72. The Kier molecular flexibility index (Phi) is 3.44. The van der Waals surface area contributed by atoms with Gasteiger partial charge in [-0.2, -0.15) is 4.39 Å². The van der Waals surface area contributed by atoms with Gasteiger partial charge in [-0.05, 0) is 18.2 Å². The molecule has 0 aromatic carbocycles. The molecule has 0 bridgehead atoms. The summed E-state index contributed by atoms with van der Waals surface area (Å²) in [4.78, 5) is 3.48. The molecule has 0 amide bonds. The minimum absolute atomic E-state index is 0.197. The number of rotatable bonds is 4. The van der Waals surface area contributed by atoms with Crippen LogP contribution in [0.2, 0.25) is 0 Å². The van der Waals surface area contributed by atoms with Gasteiger partial charge in [0.15, 0.2) is 0 Å². The third kappa shape index (κ3) is 2.41. The molecule has 0 fully saturated rings. The summed E-state index contributed by atoms with van der Waals surface area (Å²) in [6, 6.07) is 4.10. The maximum Gasteiger partial charge on any atom is 0.274 e. The summed E-state index contributed by atoms with van der Waals surface area (Å²) < 4.78 is 43.8. The van der Waals surface area contributed by atoms with E-state index in [0.717, 1.165) is 6.07 Å². The van der Waals surface area contributed by atoms with Crippen molar-refractivity contribution in [1.82, 2.24) is 9.71 Å². The molecule has 2 aromatic heterocycles. The lowest BCUT2D eigenvalue weighted by molar-refractivity contribution is 0.448. The summed E-state index contributed by atoms with van der Waals surface area (Å²) in [5.41, 5.74) is 0.824. The van der Waals surface area contributed by atoms with E-state index in [9.17, 15) is 12.8 Å². The number of furan rings is 1. The van der Waals surface area contributed by atoms with Crippen LogP contribution in [0.3, 0.4) is 0 Å². The highest BCUT2D eigenvalue weighted by Crippen LogP contribution is 2.27. The Balaban J connectivity index is 2.48. The Morgan fingerprint density at radius 3 is 2.78 bits per heavy atom. The fourth-order valence-electron chi connectivity index (χ4n) is 1.51. The van der Waals surface area contributed by atoms with E-state index in [2.05, 4.69) is 9.71 Å². The number of sulfonamides is 1. The molecule has 0 radical (unpaired) electrons. The normalized spacial score (nSPS) is 11.7. The molecule has 0 saturated heterocycles. The number of hydrogen-bond donors (Lipinski definition) is 1. The van der Waals surface area contributed by atoms with E-state index in [-0.39, 0.29) is 11.6 Å². The standard InChI is InChI=1S/C11H11FN2O3S/c1-2-14-18(15,16)11-9(5-6-17-11)8-3-4-10(12)13-7-8/h3-7,14H,2H2,1H3. The number of halogens is 1. The topological polar surface area (TPSA) is 72.2 Å². The molecule has 0 spiro atoms. The molecule has 7 heteroatoms. The van der Waals surface area contributed by atoms with Crippen molar-refractivity contribution in [3.8, 4) is 11.1 Å². The maximum atomic E-state index is 12.7. The Labute approximate surface area is 104 Å². The molecule has 0 atom stereocenters. The first kappa shape index (κ1) is 12.7. The average molecular weight is 270 g/mol. The molecular formula is C11H11FN2O3S. The van der Waals surface area contributed by atoms with Crippen molar-refractivity contribution < 1.29 is 17.2 Å². The molecule has 5 nitrogen and oxygen atoms in total. The number of nitrogens with one attached hydrogen (secondary N) is 1. The molecule has 96 valence electrons. The Hall–Kier alpha value is -1.73. The van der Waals surface area contributed by atoms with E-state index < -0.39 is 16.0 Å². The maximum absolute atomic E-state index is 12.7. The van der Waals surface area contributed by atoms with E-state index in [1.54, 1.807) is 6.92 Å². The molecule has 0 aliphatic rings. The number of pyridine rings is 1. The van der Waals surface area contributed by atoms with Crippen molar-refractivity contribution in [1.29, 1.82) is 0 Å². The molecule has 2 heterocycles. The second-order valence-electron chi connectivity index (χ2n) is 3.49. The first-order valence-electron chi connectivity index (χ1n) is 5.23. The van der Waals surface area contributed by atoms with Gasteiger partial charge in [-0.15, -0.1) is 0 Å². The van der Waals surface area contributed by atoms with Crippen LogP contribution >= 0.6 is 0 Å². The van der Waals surface area contributed by atoms with Gasteiger partial charge in [0.2, 0.25) is 11.0 Å². The third-order valence-electron chi connectivity index (χ3n) is 2.25. The van der Waals surface area contributed by atoms with Gasteiger partial charge in [-0.25, -0.2) is 18.1 Å². The van der Waals surface area contributed by atoms with E-state index >= 15 is 0 Å². The second kappa shape index (κ2) is 4.87. The van der Waals surface area contributed by atoms with Crippen molar-refractivity contribution in [2.75, 3.05) is 6.54 Å². The van der Waals surface area contributed by atoms with Gasteiger partial charge in [0.1, 0.15) is 0 Å². The van der Waals surface area contributed by atoms with Crippen LogP contribution in [0.25, 0.3) is 11.1 Å². The van der Waals surface area contributed by atoms with Crippen molar-refractivity contribution in [3.63, 3.8) is 0 Å². The fourth-order valence-corrected chi connectivity index (χ4v) is 2.68. The van der Waals surface area contributed by atoms with Gasteiger partial charge in [0.05, 0.1) is 6.26 Å². The molecule has 18 heavy (non-hydrogen) atoms. The van der Waals surface area contributed by atoms with Crippen molar-refractivity contribution in [2.24, 2.45) is 0 Å². The zero-order valence-electron chi connectivity index (χ0n) is 9.55. The molecule has 0 saturated carbocycles. The second-order valence-corrected chi connectivity index (χ2v) is 5.16. The molecule has 0 aliphatic heterocycles. The van der Waals surface area contributed by atoms with Crippen LogP contribution in [-0.4, -0.2) is 19.9 Å². The van der Waals surface area contributed by atoms with Crippen LogP contribution < -0.4 is 4.72 Å². The van der Waals surface area contributed by atoms with Gasteiger partial charge in [-0.3, -0.25) is 0 Å². The average Bonchev–Trinajstić information content (AvgIpc) is 2.79. The Morgan fingerprint density at radius 2 is 2.17 bits per heavy atom. The van der Waals surface area contributed by atoms with E-state index in [4.69, 9.17) is 4.42 Å². The quantitative estimate of drug-likeness (QED) is 0.859. The fraction of sp³-hybridized carbons (Fsp3) is 0.182. The summed E-state index contributed by atoms with van der Waals surface area (Å²) in [6.07, 6.45) is 2.52. The lowest BCUT2D eigenvalue weighted by atomic mass is 10.1. The summed E-state index contributed by atoms with van der Waals surface area (Å²) in [5, 5.41) is -0.197. The molecule has 0 aliphatic carbocycles. The summed E-state index contributed by atoms with van der Waals surface area (Å²) in [5.74, 6) is -0.627. The Morgan fingerprint density at radius 1 is 1.39 bits per heavy atom. The highest BCUT2D eigenvalue weighted by molar-refractivity contribution is 7.89. The highest BCUT2D eigenvalue weighted by atomic mass is 32.2.